The van der Waals surface area contributed by atoms with Crippen LogP contribution in [0.25, 0.3) is 0 Å². The van der Waals surface area contributed by atoms with Gasteiger partial charge in [0.25, 0.3) is 0 Å². The third kappa shape index (κ3) is 2.46. The van der Waals surface area contributed by atoms with Gasteiger partial charge in [-0.25, -0.2) is 0 Å². The summed E-state index contributed by atoms with van der Waals surface area (Å²) in [7, 11) is 0. The van der Waals surface area contributed by atoms with Crippen molar-refractivity contribution in [3.63, 3.8) is 0 Å². The second-order valence-corrected chi connectivity index (χ2v) is 4.28. The SMILES string of the molecule is CC1CCN(C(C)C)C(C)CN1. The Hall–Kier alpha value is -0.0800. The number of hydrogen-bond acceptors (Lipinski definition) is 2. The van der Waals surface area contributed by atoms with Crippen molar-refractivity contribution >= 4 is 0 Å². The summed E-state index contributed by atoms with van der Waals surface area (Å²) >= 11 is 0. The lowest BCUT2D eigenvalue weighted by Crippen LogP contribution is -2.41. The molecule has 1 fully saturated rings. The van der Waals surface area contributed by atoms with E-state index in [0.29, 0.717) is 18.1 Å². The van der Waals surface area contributed by atoms with Gasteiger partial charge >= 0.3 is 0 Å². The summed E-state index contributed by atoms with van der Waals surface area (Å²) in [6, 6.07) is 2.07. The van der Waals surface area contributed by atoms with E-state index in [1.54, 1.807) is 0 Å². The van der Waals surface area contributed by atoms with E-state index >= 15 is 0 Å². The highest BCUT2D eigenvalue weighted by Gasteiger charge is 2.21. The molecule has 72 valence electrons. The first kappa shape index (κ1) is 10.0. The van der Waals surface area contributed by atoms with Gasteiger partial charge in [0.05, 0.1) is 0 Å². The fourth-order valence-electron chi connectivity index (χ4n) is 1.92. The van der Waals surface area contributed by atoms with Crippen molar-refractivity contribution in [2.24, 2.45) is 0 Å². The summed E-state index contributed by atoms with van der Waals surface area (Å²) < 4.78 is 0. The van der Waals surface area contributed by atoms with Gasteiger partial charge in [0.15, 0.2) is 0 Å². The summed E-state index contributed by atoms with van der Waals surface area (Å²) in [4.78, 5) is 2.58. The van der Waals surface area contributed by atoms with Gasteiger partial charge in [0, 0.05) is 31.2 Å². The molecule has 12 heavy (non-hydrogen) atoms. The Morgan fingerprint density at radius 2 is 2.00 bits per heavy atom. The average Bonchev–Trinajstić information content (AvgIpc) is 2.14. The van der Waals surface area contributed by atoms with E-state index in [1.807, 2.05) is 0 Å². The van der Waals surface area contributed by atoms with Crippen LogP contribution in [0.2, 0.25) is 0 Å². The third-order valence-electron chi connectivity index (χ3n) is 2.81. The Balaban J connectivity index is 2.50. The molecule has 0 saturated carbocycles. The van der Waals surface area contributed by atoms with Gasteiger partial charge in [-0.15, -0.1) is 0 Å². The normalized spacial score (nSPS) is 33.8. The Morgan fingerprint density at radius 3 is 2.58 bits per heavy atom. The summed E-state index contributed by atoms with van der Waals surface area (Å²) in [5.41, 5.74) is 0. The second-order valence-electron chi connectivity index (χ2n) is 4.28. The van der Waals surface area contributed by atoms with Crippen LogP contribution in [0.1, 0.15) is 34.1 Å². The van der Waals surface area contributed by atoms with Gasteiger partial charge in [0.1, 0.15) is 0 Å². The zero-order chi connectivity index (χ0) is 9.14. The molecule has 0 aliphatic carbocycles. The first-order chi connectivity index (χ1) is 5.61. The molecule has 1 aliphatic heterocycles. The van der Waals surface area contributed by atoms with Gasteiger partial charge in [-0.05, 0) is 34.1 Å². The molecular weight excluding hydrogens is 148 g/mol. The van der Waals surface area contributed by atoms with Crippen molar-refractivity contribution in [2.45, 2.75) is 52.2 Å². The predicted molar refractivity (Wildman–Crippen MR) is 53.4 cm³/mol. The van der Waals surface area contributed by atoms with Gasteiger partial charge in [-0.3, -0.25) is 4.90 Å². The fraction of sp³-hybridized carbons (Fsp3) is 1.00. The van der Waals surface area contributed by atoms with E-state index < -0.39 is 0 Å². The molecule has 0 amide bonds. The zero-order valence-electron chi connectivity index (χ0n) is 8.80. The Bertz CT molecular complexity index is 134. The maximum atomic E-state index is 3.54. The van der Waals surface area contributed by atoms with Crippen LogP contribution >= 0.6 is 0 Å². The van der Waals surface area contributed by atoms with Crippen molar-refractivity contribution in [3.8, 4) is 0 Å². The highest BCUT2D eigenvalue weighted by atomic mass is 15.2. The Morgan fingerprint density at radius 1 is 1.33 bits per heavy atom. The van der Waals surface area contributed by atoms with E-state index in [4.69, 9.17) is 0 Å². The summed E-state index contributed by atoms with van der Waals surface area (Å²) in [6.45, 7) is 11.5. The molecule has 1 saturated heterocycles. The monoisotopic (exact) mass is 170 g/mol. The van der Waals surface area contributed by atoms with Gasteiger partial charge in [-0.1, -0.05) is 0 Å². The van der Waals surface area contributed by atoms with Gasteiger partial charge in [0.2, 0.25) is 0 Å². The molecule has 0 spiro atoms. The molecule has 0 aromatic carbocycles. The lowest BCUT2D eigenvalue weighted by molar-refractivity contribution is 0.176. The molecule has 0 aromatic rings. The van der Waals surface area contributed by atoms with Crippen LogP contribution in [0.5, 0.6) is 0 Å². The first-order valence-corrected chi connectivity index (χ1v) is 5.10. The maximum Gasteiger partial charge on any atom is 0.0195 e. The van der Waals surface area contributed by atoms with E-state index in [-0.39, 0.29) is 0 Å². The quantitative estimate of drug-likeness (QED) is 0.641. The minimum atomic E-state index is 0.687. The Kier molecular flexibility index (Phi) is 3.53. The number of hydrogen-bond donors (Lipinski definition) is 1. The van der Waals surface area contributed by atoms with E-state index in [2.05, 4.69) is 37.9 Å². The standard InChI is InChI=1S/C10H22N2/c1-8(2)12-6-5-9(3)11-7-10(12)4/h8-11H,5-7H2,1-4H3. The zero-order valence-corrected chi connectivity index (χ0v) is 8.80. The van der Waals surface area contributed by atoms with Crippen molar-refractivity contribution in [2.75, 3.05) is 13.1 Å². The minimum Gasteiger partial charge on any atom is -0.313 e. The lowest BCUT2D eigenvalue weighted by atomic mass is 10.2. The molecule has 2 heteroatoms. The molecule has 0 radical (unpaired) electrons. The summed E-state index contributed by atoms with van der Waals surface area (Å²) in [5, 5.41) is 3.54. The molecule has 2 atom stereocenters. The maximum absolute atomic E-state index is 3.54. The third-order valence-corrected chi connectivity index (χ3v) is 2.81. The van der Waals surface area contributed by atoms with Crippen molar-refractivity contribution in [1.29, 1.82) is 0 Å². The minimum absolute atomic E-state index is 0.687. The van der Waals surface area contributed by atoms with Crippen LogP contribution in [-0.2, 0) is 0 Å². The average molecular weight is 170 g/mol. The molecule has 0 aromatic heterocycles. The van der Waals surface area contributed by atoms with Crippen LogP contribution in [0.4, 0.5) is 0 Å². The summed E-state index contributed by atoms with van der Waals surface area (Å²) in [5.74, 6) is 0. The molecule has 1 heterocycles. The topological polar surface area (TPSA) is 15.3 Å². The largest absolute Gasteiger partial charge is 0.313 e. The fourth-order valence-corrected chi connectivity index (χ4v) is 1.92. The van der Waals surface area contributed by atoms with E-state index in [0.717, 1.165) is 6.54 Å². The number of rotatable bonds is 1. The molecule has 2 unspecified atom stereocenters. The second kappa shape index (κ2) is 4.24. The van der Waals surface area contributed by atoms with Gasteiger partial charge < -0.3 is 5.32 Å². The number of nitrogens with zero attached hydrogens (tertiary/aromatic N) is 1. The van der Waals surface area contributed by atoms with Crippen LogP contribution in [0.15, 0.2) is 0 Å². The van der Waals surface area contributed by atoms with Gasteiger partial charge in [-0.2, -0.15) is 0 Å². The predicted octanol–water partition coefficient (Wildman–Crippen LogP) is 1.47. The molecule has 0 bridgehead atoms. The van der Waals surface area contributed by atoms with Crippen LogP contribution < -0.4 is 5.32 Å². The smallest absolute Gasteiger partial charge is 0.0195 e. The van der Waals surface area contributed by atoms with Crippen LogP contribution in [0, 0.1) is 0 Å². The van der Waals surface area contributed by atoms with Crippen LogP contribution in [0.3, 0.4) is 0 Å². The highest BCUT2D eigenvalue weighted by Crippen LogP contribution is 2.10. The molecule has 2 nitrogen and oxygen atoms in total. The molecule has 1 rings (SSSR count). The molecular formula is C10H22N2. The highest BCUT2D eigenvalue weighted by molar-refractivity contribution is 4.79. The first-order valence-electron chi connectivity index (χ1n) is 5.10. The van der Waals surface area contributed by atoms with E-state index in [9.17, 15) is 0 Å². The van der Waals surface area contributed by atoms with E-state index in [1.165, 1.54) is 13.0 Å². The molecule has 1 aliphatic rings. The Labute approximate surface area is 76.3 Å². The number of nitrogens with one attached hydrogen (secondary N) is 1. The summed E-state index contributed by atoms with van der Waals surface area (Å²) in [6.07, 6.45) is 1.28. The van der Waals surface area contributed by atoms with Crippen molar-refractivity contribution < 1.29 is 0 Å². The molecule has 1 N–H and O–H groups in total. The lowest BCUT2D eigenvalue weighted by Gasteiger charge is -2.30. The van der Waals surface area contributed by atoms with Crippen molar-refractivity contribution in [3.05, 3.63) is 0 Å². The van der Waals surface area contributed by atoms with Crippen LogP contribution in [-0.4, -0.2) is 36.1 Å². The van der Waals surface area contributed by atoms with Crippen molar-refractivity contribution in [1.82, 2.24) is 10.2 Å².